The number of carboxylic acids is 2. The number of hydrogen-bond donors (Lipinski definition) is 7. The molecule has 8 N–H and O–H groups in total. The van der Waals surface area contributed by atoms with Gasteiger partial charge in [0.25, 0.3) is 11.8 Å². The zero-order chi connectivity index (χ0) is 64.0. The van der Waals surface area contributed by atoms with Gasteiger partial charge in [0.15, 0.2) is 11.5 Å². The summed E-state index contributed by atoms with van der Waals surface area (Å²) in [5.74, 6) is -2.36. The van der Waals surface area contributed by atoms with Crippen LogP contribution in [-0.2, 0) is 29.1 Å². The highest BCUT2D eigenvalue weighted by molar-refractivity contribution is 7.10. The molecule has 1 saturated heterocycles. The number of carbonyl (C=O) groups is 6. The highest BCUT2D eigenvalue weighted by Gasteiger charge is 2.25. The van der Waals surface area contributed by atoms with Crippen LogP contribution in [0, 0.1) is 6.92 Å². The average molecular weight is 1240 g/mol. The maximum atomic E-state index is 13.0. The van der Waals surface area contributed by atoms with Crippen molar-refractivity contribution in [3.05, 3.63) is 173 Å². The molecular weight excluding hydrogens is 1170 g/mol. The Morgan fingerprint density at radius 3 is 1.59 bits per heavy atom. The molecule has 1 aliphatic heterocycles. The smallest absolute Gasteiger partial charge is 0.337 e. The van der Waals surface area contributed by atoms with Gasteiger partial charge in [0, 0.05) is 89.9 Å². The number of benzene rings is 5. The number of carboxylic acid groups (broad SMARTS) is 2. The van der Waals surface area contributed by atoms with Crippen molar-refractivity contribution >= 4 is 118 Å². The van der Waals surface area contributed by atoms with E-state index in [1.54, 1.807) is 96.1 Å². The van der Waals surface area contributed by atoms with Crippen LogP contribution in [0.1, 0.15) is 102 Å². The first-order valence-corrected chi connectivity index (χ1v) is 29.0. The lowest BCUT2D eigenvalue weighted by Gasteiger charge is -2.34. The number of nitrogens with zero attached hydrogens (tertiary/aromatic N) is 12. The first kappa shape index (κ1) is 63.1. The van der Waals surface area contributed by atoms with Gasteiger partial charge in [0.05, 0.1) is 88.3 Å². The molecule has 1 atom stereocenters. The molecule has 0 aliphatic carbocycles. The number of ether oxygens (including phenoxy) is 2. The number of amides is 2. The topological polar surface area (TPSA) is 364 Å². The molecule has 0 spiro atoms. The Labute approximate surface area is 517 Å². The van der Waals surface area contributed by atoms with Gasteiger partial charge in [-0.25, -0.2) is 29.1 Å². The van der Waals surface area contributed by atoms with E-state index in [0.717, 1.165) is 104 Å². The van der Waals surface area contributed by atoms with E-state index in [1.807, 2.05) is 79.9 Å². The van der Waals surface area contributed by atoms with Crippen LogP contribution >= 0.6 is 11.5 Å². The minimum absolute atomic E-state index is 0.0570. The molecule has 12 aromatic rings. The van der Waals surface area contributed by atoms with E-state index in [9.17, 15) is 28.8 Å². The lowest BCUT2D eigenvalue weighted by atomic mass is 10.0. The summed E-state index contributed by atoms with van der Waals surface area (Å²) in [6.07, 6.45) is 12.3. The molecule has 90 heavy (non-hydrogen) atoms. The minimum Gasteiger partial charge on any atom is -0.478 e. The molecule has 27 nitrogen and oxygen atoms in total. The highest BCUT2D eigenvalue weighted by Crippen LogP contribution is 2.27. The fourth-order valence-electron chi connectivity index (χ4n) is 9.41. The third-order valence-electron chi connectivity index (χ3n) is 14.0. The van der Waals surface area contributed by atoms with Crippen LogP contribution in [0.5, 0.6) is 0 Å². The van der Waals surface area contributed by atoms with Crippen LogP contribution in [0.2, 0.25) is 0 Å². The molecule has 13 rings (SSSR count). The number of aryl methyl sites for hydroxylation is 4. The van der Waals surface area contributed by atoms with Crippen molar-refractivity contribution in [3.8, 4) is 0 Å². The summed E-state index contributed by atoms with van der Waals surface area (Å²) in [5, 5.41) is 55.2. The van der Waals surface area contributed by atoms with Crippen molar-refractivity contribution in [2.24, 2.45) is 5.73 Å². The van der Waals surface area contributed by atoms with Crippen LogP contribution in [-0.4, -0.2) is 143 Å². The second-order valence-corrected chi connectivity index (χ2v) is 21.0. The molecule has 0 bridgehead atoms. The van der Waals surface area contributed by atoms with Gasteiger partial charge in [-0.05, 0) is 149 Å². The number of primary amides is 1. The van der Waals surface area contributed by atoms with Crippen molar-refractivity contribution in [3.63, 3.8) is 0 Å². The van der Waals surface area contributed by atoms with E-state index < -0.39 is 17.8 Å². The van der Waals surface area contributed by atoms with Gasteiger partial charge in [-0.15, -0.1) is 0 Å². The predicted molar refractivity (Wildman–Crippen MR) is 338 cm³/mol. The van der Waals surface area contributed by atoms with Crippen molar-refractivity contribution in [2.45, 2.75) is 66.2 Å². The number of methoxy groups -OCH3 is 2. The number of carbonyl (C=O) groups excluding carboxylic acids is 4. The second kappa shape index (κ2) is 28.8. The fraction of sp³-hybridized carbons (Fsp3) is 0.226. The number of piperidine rings is 1. The maximum absolute atomic E-state index is 13.0. The summed E-state index contributed by atoms with van der Waals surface area (Å²) < 4.78 is 19.0. The second-order valence-electron chi connectivity index (χ2n) is 20.2. The molecule has 1 fully saturated rings. The number of H-pyrrole nitrogens is 2. The monoisotopic (exact) mass is 1240 g/mol. The number of nitrogens with two attached hydrogens (primary N) is 1. The number of rotatable bonds is 13. The molecule has 7 aromatic heterocycles. The summed E-state index contributed by atoms with van der Waals surface area (Å²) >= 11 is 1.27. The number of fused-ring (bicyclic) bond motifs is 5. The zero-order valence-corrected chi connectivity index (χ0v) is 50.6. The lowest BCUT2D eigenvalue weighted by molar-refractivity contribution is 0.0592. The Balaban J connectivity index is 0.000000147. The van der Waals surface area contributed by atoms with E-state index >= 15 is 0 Å². The third-order valence-corrected chi connectivity index (χ3v) is 14.8. The van der Waals surface area contributed by atoms with Gasteiger partial charge in [-0.1, -0.05) is 0 Å². The number of anilines is 3. The van der Waals surface area contributed by atoms with E-state index in [4.69, 9.17) is 15.9 Å². The Hall–Kier alpha value is -11.4. The van der Waals surface area contributed by atoms with Crippen molar-refractivity contribution < 1.29 is 48.5 Å². The van der Waals surface area contributed by atoms with E-state index in [1.165, 1.54) is 25.8 Å². The largest absolute Gasteiger partial charge is 0.478 e. The van der Waals surface area contributed by atoms with Gasteiger partial charge in [0.1, 0.15) is 10.8 Å². The molecule has 0 radical (unpaired) electrons. The Morgan fingerprint density at radius 2 is 1.10 bits per heavy atom. The van der Waals surface area contributed by atoms with Crippen LogP contribution in [0.15, 0.2) is 134 Å². The highest BCUT2D eigenvalue weighted by atomic mass is 32.1. The molecule has 0 saturated carbocycles. The van der Waals surface area contributed by atoms with E-state index in [0.29, 0.717) is 34.6 Å². The summed E-state index contributed by atoms with van der Waals surface area (Å²) in [6, 6.07) is 27.7. The Kier molecular flexibility index (Phi) is 20.2. The number of aromatic carboxylic acids is 2. The Morgan fingerprint density at radius 1 is 0.633 bits per heavy atom. The maximum Gasteiger partial charge on any atom is 0.337 e. The van der Waals surface area contributed by atoms with Crippen LogP contribution < -0.4 is 21.3 Å². The first-order valence-electron chi connectivity index (χ1n) is 28.3. The lowest BCUT2D eigenvalue weighted by Crippen LogP contribution is -2.48. The van der Waals surface area contributed by atoms with Gasteiger partial charge in [-0.2, -0.15) is 29.9 Å². The van der Waals surface area contributed by atoms with Gasteiger partial charge in [-0.3, -0.25) is 33.8 Å². The molecular formula is C62H63N17O10S. The van der Waals surface area contributed by atoms with Crippen molar-refractivity contribution in [1.82, 2.24) is 69.4 Å². The van der Waals surface area contributed by atoms with E-state index in [2.05, 4.69) is 75.0 Å². The van der Waals surface area contributed by atoms with Gasteiger partial charge < -0.3 is 41.0 Å². The van der Waals surface area contributed by atoms with Crippen LogP contribution in [0.4, 0.5) is 16.6 Å². The summed E-state index contributed by atoms with van der Waals surface area (Å²) in [4.78, 5) is 79.5. The Bertz CT molecular complexity index is 4560. The number of aromatic amines is 2. The van der Waals surface area contributed by atoms with Crippen molar-refractivity contribution in [1.29, 1.82) is 0 Å². The standard InChI is InChI=1S/C24H27N9O2S.C11H12N2O2.C10H10N2O2.C9H8N2O2.C8H6N2O2/c1-3-33-12-16-10-15(6-7-18(16)30-33)24(35)27-17-5-4-8-32(13-17)19-11-26-21(22(25)34)23(28-19)29-20-9-14(2)31-36-20;1-3-13-7-9-6-8(11(14)15-2)4-5-10(9)12-13;1-2-12-6-8-5-7(10(13)14)3-4-9(8)11-12;1-13-9(12)6-2-3-8-7(4-6)5-10-11-8;11-8(12)5-1-2-7-6(3-5)4-9-10-7/h6-7,9-12,17H,3-5,8,13H2,1-2H3,(H2,25,34)(H,27,35)(H,28,29);4-7H,3H2,1-2H3;3-6H,2H2,1H3,(H,13,14);2-5H,1H3,(H,10,11);1-4H,(H,9,10)(H,11,12)/t17-;;;;/m1..../s1. The molecule has 28 heteroatoms. The molecule has 462 valence electrons. The number of hydrogen-bond acceptors (Lipinski definition) is 19. The summed E-state index contributed by atoms with van der Waals surface area (Å²) in [5.41, 5.74) is 13.1. The first-order chi connectivity index (χ1) is 43.4. The quantitative estimate of drug-likeness (QED) is 0.0529. The zero-order valence-electron chi connectivity index (χ0n) is 49.7. The predicted octanol–water partition coefficient (Wildman–Crippen LogP) is 9.06. The SMILES string of the molecule is CCn1cc2cc(C(=O)N[C@@H]3CCCN(c4cnc(C(N)=O)c(Nc5cc(C)ns5)n4)C3)ccc2n1.CCn1cc2cc(C(=O)O)ccc2n1.CCn1cc2cc(C(=O)OC)ccc2n1.COC(=O)c1ccc2[nH]ncc2c1.O=C(O)c1ccc2[nH]ncc2c1. The van der Waals surface area contributed by atoms with Gasteiger partial charge in [0.2, 0.25) is 0 Å². The van der Waals surface area contributed by atoms with E-state index in [-0.39, 0.29) is 41.0 Å². The number of esters is 2. The average Bonchev–Trinajstić information content (AvgIpc) is 2.31. The fourth-order valence-corrected chi connectivity index (χ4v) is 10.1. The summed E-state index contributed by atoms with van der Waals surface area (Å²) in [6.45, 7) is 11.6. The van der Waals surface area contributed by atoms with Gasteiger partial charge >= 0.3 is 23.9 Å². The molecule has 0 unspecified atom stereocenters. The molecule has 1 aliphatic rings. The number of aromatic nitrogens is 13. The molecule has 8 heterocycles. The van der Waals surface area contributed by atoms with Crippen molar-refractivity contribution in [2.75, 3.05) is 37.5 Å². The van der Waals surface area contributed by atoms with Crippen LogP contribution in [0.3, 0.4) is 0 Å². The van der Waals surface area contributed by atoms with Crippen LogP contribution in [0.25, 0.3) is 54.5 Å². The number of nitrogens with one attached hydrogen (secondary N) is 4. The summed E-state index contributed by atoms with van der Waals surface area (Å²) in [7, 11) is 2.74. The normalized spacial score (nSPS) is 12.6. The molecule has 2 amide bonds. The molecule has 5 aromatic carbocycles. The minimum atomic E-state index is -0.918. The third kappa shape index (κ3) is 15.6.